The summed E-state index contributed by atoms with van der Waals surface area (Å²) in [4.78, 5) is 21.5. The molecular weight excluding hydrogens is 253 g/mol. The Balaban J connectivity index is 2.77. The summed E-state index contributed by atoms with van der Waals surface area (Å²) < 4.78 is 44.4. The van der Waals surface area contributed by atoms with E-state index in [1.54, 1.807) is 0 Å². The Kier molecular flexibility index (Phi) is 4.30. The van der Waals surface area contributed by atoms with Crippen LogP contribution >= 0.6 is 0 Å². The zero-order valence-electron chi connectivity index (χ0n) is 9.28. The van der Waals surface area contributed by atoms with Gasteiger partial charge in [-0.15, -0.1) is 0 Å². The third-order valence-electron chi connectivity index (χ3n) is 1.92. The van der Waals surface area contributed by atoms with Crippen LogP contribution in [0, 0.1) is 0 Å². The van der Waals surface area contributed by atoms with E-state index in [9.17, 15) is 22.8 Å². The number of esters is 2. The minimum Gasteiger partial charge on any atom is -0.469 e. The largest absolute Gasteiger partial charge is 0.491 e. The third kappa shape index (κ3) is 4.08. The molecule has 0 atom stereocenters. The average molecular weight is 262 g/mol. The molecule has 0 saturated heterocycles. The Morgan fingerprint density at radius 1 is 1.28 bits per heavy atom. The highest BCUT2D eigenvalue weighted by molar-refractivity contribution is 5.78. The van der Waals surface area contributed by atoms with E-state index >= 15 is 0 Å². The highest BCUT2D eigenvalue weighted by atomic mass is 19.4. The molecule has 1 aromatic carbocycles. The molecule has 0 aliphatic heterocycles. The van der Waals surface area contributed by atoms with Crippen LogP contribution in [0.15, 0.2) is 24.3 Å². The molecule has 0 bridgehead atoms. The van der Waals surface area contributed by atoms with Crippen molar-refractivity contribution in [3.8, 4) is 5.75 Å². The molecule has 0 aliphatic carbocycles. The molecule has 0 aliphatic rings. The Morgan fingerprint density at radius 2 is 1.94 bits per heavy atom. The van der Waals surface area contributed by atoms with Gasteiger partial charge < -0.3 is 9.47 Å². The van der Waals surface area contributed by atoms with E-state index in [-0.39, 0.29) is 12.2 Å². The fraction of sp³-hybridized carbons (Fsp3) is 0.273. The van der Waals surface area contributed by atoms with Crippen LogP contribution in [0.3, 0.4) is 0 Å². The molecule has 1 aromatic rings. The van der Waals surface area contributed by atoms with Gasteiger partial charge >= 0.3 is 18.1 Å². The maximum absolute atomic E-state index is 12.0. The molecule has 0 fully saturated rings. The molecule has 0 amide bonds. The summed E-state index contributed by atoms with van der Waals surface area (Å²) in [6.07, 6.45) is -5.17. The van der Waals surface area contributed by atoms with Gasteiger partial charge in [0.05, 0.1) is 13.5 Å². The first-order valence-corrected chi connectivity index (χ1v) is 4.77. The van der Waals surface area contributed by atoms with Crippen molar-refractivity contribution in [2.24, 2.45) is 0 Å². The zero-order valence-corrected chi connectivity index (χ0v) is 9.28. The molecule has 4 nitrogen and oxygen atoms in total. The van der Waals surface area contributed by atoms with Gasteiger partial charge in [0.25, 0.3) is 0 Å². The maximum Gasteiger partial charge on any atom is 0.491 e. The van der Waals surface area contributed by atoms with Crippen LogP contribution in [0.2, 0.25) is 0 Å². The van der Waals surface area contributed by atoms with Gasteiger partial charge in [0, 0.05) is 0 Å². The summed E-state index contributed by atoms with van der Waals surface area (Å²) in [6.45, 7) is 0. The van der Waals surface area contributed by atoms with Gasteiger partial charge in [-0.05, 0) is 17.7 Å². The third-order valence-corrected chi connectivity index (χ3v) is 1.92. The Bertz CT molecular complexity index is 454. The van der Waals surface area contributed by atoms with Gasteiger partial charge in [-0.25, -0.2) is 4.79 Å². The second-order valence-corrected chi connectivity index (χ2v) is 3.29. The first-order chi connectivity index (χ1) is 8.32. The number of halogens is 3. The van der Waals surface area contributed by atoms with Gasteiger partial charge in [-0.3, -0.25) is 4.79 Å². The maximum atomic E-state index is 12.0. The standard InChI is InChI=1S/C11H9F3O4/c1-17-9(15)6-7-3-2-4-8(5-7)18-10(16)11(12,13)14/h2-5H,6H2,1H3. The minimum atomic E-state index is -5.06. The first-order valence-electron chi connectivity index (χ1n) is 4.77. The number of ether oxygens (including phenoxy) is 2. The Morgan fingerprint density at radius 3 is 2.50 bits per heavy atom. The quantitative estimate of drug-likeness (QED) is 0.616. The number of benzene rings is 1. The topological polar surface area (TPSA) is 52.6 Å². The smallest absolute Gasteiger partial charge is 0.469 e. The second kappa shape index (κ2) is 5.52. The molecule has 98 valence electrons. The summed E-state index contributed by atoms with van der Waals surface area (Å²) in [5.74, 6) is -3.13. The molecular formula is C11H9F3O4. The molecule has 0 radical (unpaired) electrons. The Hall–Kier alpha value is -2.05. The van der Waals surface area contributed by atoms with Gasteiger partial charge in [0.15, 0.2) is 0 Å². The van der Waals surface area contributed by atoms with E-state index < -0.39 is 18.1 Å². The highest BCUT2D eigenvalue weighted by Gasteiger charge is 2.41. The van der Waals surface area contributed by atoms with E-state index in [1.165, 1.54) is 31.4 Å². The Labute approximate surface area is 100 Å². The minimum absolute atomic E-state index is 0.117. The summed E-state index contributed by atoms with van der Waals surface area (Å²) in [5, 5.41) is 0. The summed E-state index contributed by atoms with van der Waals surface area (Å²) >= 11 is 0. The zero-order chi connectivity index (χ0) is 13.8. The van der Waals surface area contributed by atoms with Crippen molar-refractivity contribution >= 4 is 11.9 Å². The van der Waals surface area contributed by atoms with E-state index in [1.807, 2.05) is 0 Å². The van der Waals surface area contributed by atoms with E-state index in [4.69, 9.17) is 0 Å². The number of carbonyl (C=O) groups excluding carboxylic acids is 2. The molecule has 18 heavy (non-hydrogen) atoms. The molecule has 0 spiro atoms. The number of carbonyl (C=O) groups is 2. The monoisotopic (exact) mass is 262 g/mol. The van der Waals surface area contributed by atoms with Gasteiger partial charge in [0.1, 0.15) is 5.75 Å². The van der Waals surface area contributed by atoms with Crippen LogP contribution in [0.5, 0.6) is 5.75 Å². The van der Waals surface area contributed by atoms with Crippen molar-refractivity contribution in [2.45, 2.75) is 12.6 Å². The summed E-state index contributed by atoms with van der Waals surface area (Å²) in [5.41, 5.74) is 0.384. The molecule has 0 unspecified atom stereocenters. The average Bonchev–Trinajstić information content (AvgIpc) is 2.28. The van der Waals surface area contributed by atoms with Crippen LogP contribution in [0.1, 0.15) is 5.56 Å². The molecule has 7 heteroatoms. The lowest BCUT2D eigenvalue weighted by atomic mass is 10.1. The fourth-order valence-electron chi connectivity index (χ4n) is 1.12. The van der Waals surface area contributed by atoms with E-state index in [2.05, 4.69) is 9.47 Å². The summed E-state index contributed by atoms with van der Waals surface area (Å²) in [7, 11) is 1.19. The number of hydrogen-bond donors (Lipinski definition) is 0. The van der Waals surface area contributed by atoms with Crippen molar-refractivity contribution in [2.75, 3.05) is 7.11 Å². The number of alkyl halides is 3. The van der Waals surface area contributed by atoms with Gasteiger partial charge in [-0.2, -0.15) is 13.2 Å². The van der Waals surface area contributed by atoms with Crippen LogP contribution in [-0.4, -0.2) is 25.2 Å². The molecule has 0 N–H and O–H groups in total. The van der Waals surface area contributed by atoms with E-state index in [0.717, 1.165) is 0 Å². The van der Waals surface area contributed by atoms with Crippen LogP contribution in [0.25, 0.3) is 0 Å². The van der Waals surface area contributed by atoms with Crippen LogP contribution in [0.4, 0.5) is 13.2 Å². The van der Waals surface area contributed by atoms with Crippen molar-refractivity contribution in [1.29, 1.82) is 0 Å². The van der Waals surface area contributed by atoms with Crippen molar-refractivity contribution < 1.29 is 32.2 Å². The molecule has 0 saturated carbocycles. The van der Waals surface area contributed by atoms with Crippen LogP contribution < -0.4 is 4.74 Å². The lowest BCUT2D eigenvalue weighted by molar-refractivity contribution is -0.189. The predicted molar refractivity (Wildman–Crippen MR) is 53.9 cm³/mol. The highest BCUT2D eigenvalue weighted by Crippen LogP contribution is 2.21. The SMILES string of the molecule is COC(=O)Cc1cccc(OC(=O)C(F)(F)F)c1. The van der Waals surface area contributed by atoms with E-state index in [0.29, 0.717) is 5.56 Å². The first kappa shape index (κ1) is 14.0. The normalized spacial score (nSPS) is 10.9. The lowest BCUT2D eigenvalue weighted by Gasteiger charge is -2.07. The molecule has 1 rings (SSSR count). The van der Waals surface area contributed by atoms with Crippen LogP contribution in [-0.2, 0) is 20.7 Å². The molecule has 0 heterocycles. The lowest BCUT2D eigenvalue weighted by Crippen LogP contribution is -2.28. The van der Waals surface area contributed by atoms with Gasteiger partial charge in [0.2, 0.25) is 0 Å². The fourth-order valence-corrected chi connectivity index (χ4v) is 1.12. The second-order valence-electron chi connectivity index (χ2n) is 3.29. The van der Waals surface area contributed by atoms with Crippen molar-refractivity contribution in [3.05, 3.63) is 29.8 Å². The summed E-state index contributed by atoms with van der Waals surface area (Å²) in [6, 6.07) is 5.23. The van der Waals surface area contributed by atoms with Gasteiger partial charge in [-0.1, -0.05) is 12.1 Å². The van der Waals surface area contributed by atoms with Crippen molar-refractivity contribution in [1.82, 2.24) is 0 Å². The number of methoxy groups -OCH3 is 1. The number of rotatable bonds is 3. The number of hydrogen-bond acceptors (Lipinski definition) is 4. The molecule has 0 aromatic heterocycles. The van der Waals surface area contributed by atoms with Crippen molar-refractivity contribution in [3.63, 3.8) is 0 Å². The predicted octanol–water partition coefficient (Wildman–Crippen LogP) is 1.87.